The minimum Gasteiger partial charge on any atom is -0.309 e. The van der Waals surface area contributed by atoms with E-state index in [0.717, 1.165) is 18.1 Å². The average Bonchev–Trinajstić information content (AvgIpc) is 2.33. The van der Waals surface area contributed by atoms with E-state index in [1.54, 1.807) is 12.4 Å². The van der Waals surface area contributed by atoms with E-state index in [1.807, 2.05) is 36.4 Å². The zero-order valence-corrected chi connectivity index (χ0v) is 10.8. The van der Waals surface area contributed by atoms with Crippen LogP contribution in [0.2, 0.25) is 5.02 Å². The van der Waals surface area contributed by atoms with Crippen LogP contribution < -0.4 is 5.32 Å². The molecule has 4 heteroatoms. The number of nitrogens with one attached hydrogen (secondary N) is 1. The monoisotopic (exact) mass is 268 g/mol. The highest BCUT2D eigenvalue weighted by molar-refractivity contribution is 6.30. The Morgan fingerprint density at radius 3 is 2.00 bits per heavy atom. The summed E-state index contributed by atoms with van der Waals surface area (Å²) >= 11 is 5.81. The van der Waals surface area contributed by atoms with Crippen molar-refractivity contribution in [2.75, 3.05) is 0 Å². The minimum atomic E-state index is 0. The van der Waals surface area contributed by atoms with Crippen molar-refractivity contribution in [2.45, 2.75) is 13.1 Å². The fourth-order valence-corrected chi connectivity index (χ4v) is 1.58. The molecule has 2 nitrogen and oxygen atoms in total. The number of pyridine rings is 1. The molecule has 0 saturated heterocycles. The van der Waals surface area contributed by atoms with Crippen LogP contribution in [0.4, 0.5) is 0 Å². The van der Waals surface area contributed by atoms with Gasteiger partial charge in [0.25, 0.3) is 0 Å². The molecule has 0 unspecified atom stereocenters. The molecule has 1 N–H and O–H groups in total. The minimum absolute atomic E-state index is 0. The van der Waals surface area contributed by atoms with E-state index in [0.29, 0.717) is 0 Å². The van der Waals surface area contributed by atoms with Gasteiger partial charge in [0.05, 0.1) is 0 Å². The number of nitrogens with zero attached hydrogens (tertiary/aromatic N) is 1. The Labute approximate surface area is 112 Å². The topological polar surface area (TPSA) is 24.9 Å². The van der Waals surface area contributed by atoms with Gasteiger partial charge in [-0.25, -0.2) is 0 Å². The molecule has 1 aromatic carbocycles. The molecule has 0 bridgehead atoms. The standard InChI is InChI=1S/C13H13ClN2.ClH/c14-13-3-1-11(2-4-13)9-16-10-12-5-7-15-8-6-12;/h1-8,16H,9-10H2;1H. The van der Waals surface area contributed by atoms with Crippen molar-refractivity contribution in [3.05, 3.63) is 64.9 Å². The lowest BCUT2D eigenvalue weighted by molar-refractivity contribution is 0.693. The van der Waals surface area contributed by atoms with Crippen molar-refractivity contribution >= 4 is 24.0 Å². The number of benzene rings is 1. The maximum Gasteiger partial charge on any atom is 0.0406 e. The fraction of sp³-hybridized carbons (Fsp3) is 0.154. The summed E-state index contributed by atoms with van der Waals surface area (Å²) in [5.74, 6) is 0. The van der Waals surface area contributed by atoms with Crippen molar-refractivity contribution in [3.8, 4) is 0 Å². The molecular weight excluding hydrogens is 255 g/mol. The van der Waals surface area contributed by atoms with Gasteiger partial charge >= 0.3 is 0 Å². The predicted molar refractivity (Wildman–Crippen MR) is 73.5 cm³/mol. The maximum atomic E-state index is 5.81. The molecule has 90 valence electrons. The first kappa shape index (κ1) is 14.0. The van der Waals surface area contributed by atoms with Crippen LogP contribution in [-0.4, -0.2) is 4.98 Å². The van der Waals surface area contributed by atoms with Gasteiger partial charge in [-0.15, -0.1) is 12.4 Å². The lowest BCUT2D eigenvalue weighted by atomic mass is 10.2. The van der Waals surface area contributed by atoms with E-state index in [9.17, 15) is 0 Å². The number of halogens is 2. The molecule has 0 aliphatic carbocycles. The molecule has 0 saturated carbocycles. The summed E-state index contributed by atoms with van der Waals surface area (Å²) in [6.07, 6.45) is 3.61. The van der Waals surface area contributed by atoms with Crippen molar-refractivity contribution in [1.29, 1.82) is 0 Å². The first-order valence-electron chi connectivity index (χ1n) is 5.18. The van der Waals surface area contributed by atoms with E-state index < -0.39 is 0 Å². The highest BCUT2D eigenvalue weighted by Crippen LogP contribution is 2.09. The smallest absolute Gasteiger partial charge is 0.0406 e. The van der Waals surface area contributed by atoms with E-state index in [2.05, 4.69) is 10.3 Å². The van der Waals surface area contributed by atoms with Crippen LogP contribution in [0, 0.1) is 0 Å². The van der Waals surface area contributed by atoms with Crippen molar-refractivity contribution in [1.82, 2.24) is 10.3 Å². The Morgan fingerprint density at radius 2 is 1.41 bits per heavy atom. The Hall–Kier alpha value is -1.09. The lowest BCUT2D eigenvalue weighted by Gasteiger charge is -2.04. The SMILES string of the molecule is Cl.Clc1ccc(CNCc2ccncc2)cc1. The summed E-state index contributed by atoms with van der Waals surface area (Å²) < 4.78 is 0. The molecule has 1 aromatic heterocycles. The van der Waals surface area contributed by atoms with Gasteiger partial charge in [-0.1, -0.05) is 23.7 Å². The summed E-state index contributed by atoms with van der Waals surface area (Å²) in [5.41, 5.74) is 2.47. The van der Waals surface area contributed by atoms with Gasteiger partial charge < -0.3 is 5.32 Å². The Bertz CT molecular complexity index is 429. The zero-order valence-electron chi connectivity index (χ0n) is 9.27. The third kappa shape index (κ3) is 4.73. The average molecular weight is 269 g/mol. The summed E-state index contributed by atoms with van der Waals surface area (Å²) in [6, 6.07) is 11.9. The van der Waals surface area contributed by atoms with Crippen LogP contribution in [0.25, 0.3) is 0 Å². The molecule has 0 aliphatic rings. The fourth-order valence-electron chi connectivity index (χ4n) is 1.45. The Morgan fingerprint density at radius 1 is 0.882 bits per heavy atom. The second-order valence-electron chi connectivity index (χ2n) is 3.59. The molecular formula is C13H14Cl2N2. The molecule has 0 atom stereocenters. The van der Waals surface area contributed by atoms with Crippen molar-refractivity contribution < 1.29 is 0 Å². The van der Waals surface area contributed by atoms with Crippen LogP contribution >= 0.6 is 24.0 Å². The summed E-state index contributed by atoms with van der Waals surface area (Å²) in [4.78, 5) is 3.98. The molecule has 17 heavy (non-hydrogen) atoms. The second-order valence-corrected chi connectivity index (χ2v) is 4.02. The van der Waals surface area contributed by atoms with Crippen molar-refractivity contribution in [3.63, 3.8) is 0 Å². The van der Waals surface area contributed by atoms with E-state index >= 15 is 0 Å². The van der Waals surface area contributed by atoms with Crippen LogP contribution in [0.1, 0.15) is 11.1 Å². The Kier molecular flexibility index (Phi) is 5.98. The summed E-state index contributed by atoms with van der Waals surface area (Å²) in [6.45, 7) is 1.70. The normalized spacial score (nSPS) is 9.71. The van der Waals surface area contributed by atoms with Gasteiger partial charge in [-0.05, 0) is 35.4 Å². The first-order valence-corrected chi connectivity index (χ1v) is 5.56. The van der Waals surface area contributed by atoms with Crippen LogP contribution in [0.3, 0.4) is 0 Å². The van der Waals surface area contributed by atoms with Crippen LogP contribution in [0.15, 0.2) is 48.8 Å². The van der Waals surface area contributed by atoms with Gasteiger partial charge in [-0.3, -0.25) is 4.98 Å². The number of rotatable bonds is 4. The summed E-state index contributed by atoms with van der Waals surface area (Å²) in [5, 5.41) is 4.14. The molecule has 2 aromatic rings. The van der Waals surface area contributed by atoms with Crippen LogP contribution in [0.5, 0.6) is 0 Å². The zero-order chi connectivity index (χ0) is 11.2. The second kappa shape index (κ2) is 7.28. The summed E-state index contributed by atoms with van der Waals surface area (Å²) in [7, 11) is 0. The quantitative estimate of drug-likeness (QED) is 0.919. The van der Waals surface area contributed by atoms with Gasteiger partial charge in [-0.2, -0.15) is 0 Å². The molecule has 2 rings (SSSR count). The highest BCUT2D eigenvalue weighted by Gasteiger charge is 1.94. The third-order valence-corrected chi connectivity index (χ3v) is 2.57. The van der Waals surface area contributed by atoms with Gasteiger partial charge in [0.1, 0.15) is 0 Å². The number of hydrogen-bond acceptors (Lipinski definition) is 2. The predicted octanol–water partition coefficient (Wildman–Crippen LogP) is 3.45. The molecule has 0 aliphatic heterocycles. The molecule has 0 fully saturated rings. The van der Waals surface area contributed by atoms with E-state index in [4.69, 9.17) is 11.6 Å². The van der Waals surface area contributed by atoms with Gasteiger partial charge in [0.15, 0.2) is 0 Å². The molecule has 1 heterocycles. The van der Waals surface area contributed by atoms with Gasteiger partial charge in [0, 0.05) is 30.5 Å². The number of aromatic nitrogens is 1. The highest BCUT2D eigenvalue weighted by atomic mass is 35.5. The lowest BCUT2D eigenvalue weighted by Crippen LogP contribution is -2.12. The maximum absolute atomic E-state index is 5.81. The molecule has 0 spiro atoms. The van der Waals surface area contributed by atoms with Crippen molar-refractivity contribution in [2.24, 2.45) is 0 Å². The molecule has 0 amide bonds. The Balaban J connectivity index is 0.00000144. The van der Waals surface area contributed by atoms with E-state index in [-0.39, 0.29) is 12.4 Å². The third-order valence-electron chi connectivity index (χ3n) is 2.32. The largest absolute Gasteiger partial charge is 0.309 e. The molecule has 0 radical (unpaired) electrons. The van der Waals surface area contributed by atoms with Crippen LogP contribution in [-0.2, 0) is 13.1 Å². The van der Waals surface area contributed by atoms with Gasteiger partial charge in [0.2, 0.25) is 0 Å². The first-order chi connectivity index (χ1) is 7.84. The number of hydrogen-bond donors (Lipinski definition) is 1. The van der Waals surface area contributed by atoms with E-state index in [1.165, 1.54) is 11.1 Å².